The van der Waals surface area contributed by atoms with Gasteiger partial charge in [-0.25, -0.2) is 14.4 Å². The van der Waals surface area contributed by atoms with Crippen LogP contribution in [0.4, 0.5) is 10.2 Å². The van der Waals surface area contributed by atoms with Crippen LogP contribution in [0.3, 0.4) is 0 Å². The van der Waals surface area contributed by atoms with Gasteiger partial charge in [0.15, 0.2) is 16.6 Å². The van der Waals surface area contributed by atoms with E-state index in [9.17, 15) is 14.0 Å². The second-order valence-corrected chi connectivity index (χ2v) is 9.70. The number of benzene rings is 1. The molecular formula is C23H26FN7O2S. The Bertz CT molecular complexity index is 1250. The summed E-state index contributed by atoms with van der Waals surface area (Å²) in [4.78, 5) is 41.3. The molecule has 0 bridgehead atoms. The Balaban J connectivity index is 1.57. The second kappa shape index (κ2) is 8.55. The molecule has 4 heterocycles. The third-order valence-electron chi connectivity index (χ3n) is 6.58. The van der Waals surface area contributed by atoms with Crippen molar-refractivity contribution in [2.75, 3.05) is 32.1 Å². The van der Waals surface area contributed by atoms with Gasteiger partial charge in [0.05, 0.1) is 11.7 Å². The molecule has 1 fully saturated rings. The lowest BCUT2D eigenvalue weighted by Crippen LogP contribution is -2.42. The molecule has 1 aromatic carbocycles. The molecule has 0 aliphatic carbocycles. The average molecular weight is 484 g/mol. The van der Waals surface area contributed by atoms with E-state index in [1.807, 2.05) is 32.8 Å². The first-order valence-corrected chi connectivity index (χ1v) is 12.0. The number of aromatic nitrogens is 4. The predicted octanol–water partition coefficient (Wildman–Crippen LogP) is 2.73. The summed E-state index contributed by atoms with van der Waals surface area (Å²) in [6.45, 7) is 5.27. The molecule has 1 saturated heterocycles. The summed E-state index contributed by atoms with van der Waals surface area (Å²) in [6.07, 6.45) is 0.416. The standard InChI is InChI=1S/C23H26FN7O2S/c1-13-19-20(31-12-17(28(3)4)11-18(31)32)26-21(22-25-14(2)27-34-22)30(19)10-9-29(13)23(33)15-5-7-16(24)8-6-15/h5-8,13,17H,9-12H2,1-4H3. The molecule has 34 heavy (non-hydrogen) atoms. The van der Waals surface area contributed by atoms with Crippen LogP contribution in [0.5, 0.6) is 0 Å². The Morgan fingerprint density at radius 3 is 2.53 bits per heavy atom. The van der Waals surface area contributed by atoms with Crippen molar-refractivity contribution in [1.29, 1.82) is 0 Å². The average Bonchev–Trinajstić information content (AvgIpc) is 3.50. The van der Waals surface area contributed by atoms with E-state index in [4.69, 9.17) is 4.98 Å². The molecule has 11 heteroatoms. The van der Waals surface area contributed by atoms with Gasteiger partial charge in [0.2, 0.25) is 5.91 Å². The molecule has 0 radical (unpaired) electrons. The number of nitrogens with zero attached hydrogens (tertiary/aromatic N) is 7. The Morgan fingerprint density at radius 2 is 1.91 bits per heavy atom. The maximum absolute atomic E-state index is 13.4. The second-order valence-electron chi connectivity index (χ2n) is 8.95. The minimum absolute atomic E-state index is 0.00813. The number of hydrogen-bond donors (Lipinski definition) is 0. The summed E-state index contributed by atoms with van der Waals surface area (Å²) >= 11 is 1.27. The normalized spacial score (nSPS) is 20.4. The summed E-state index contributed by atoms with van der Waals surface area (Å²) < 4.78 is 19.8. The zero-order valence-electron chi connectivity index (χ0n) is 19.5. The molecule has 2 aliphatic heterocycles. The van der Waals surface area contributed by atoms with Gasteiger partial charge in [0.25, 0.3) is 5.91 Å². The zero-order chi connectivity index (χ0) is 24.1. The van der Waals surface area contributed by atoms with Gasteiger partial charge in [-0.2, -0.15) is 4.37 Å². The molecule has 2 atom stereocenters. The topological polar surface area (TPSA) is 87.5 Å². The molecule has 178 valence electrons. The highest BCUT2D eigenvalue weighted by Crippen LogP contribution is 2.39. The highest BCUT2D eigenvalue weighted by molar-refractivity contribution is 7.09. The Morgan fingerprint density at radius 1 is 1.18 bits per heavy atom. The Kier molecular flexibility index (Phi) is 5.68. The molecular weight excluding hydrogens is 457 g/mol. The van der Waals surface area contributed by atoms with E-state index in [-0.39, 0.29) is 29.7 Å². The fourth-order valence-electron chi connectivity index (χ4n) is 4.67. The van der Waals surface area contributed by atoms with Crippen LogP contribution in [0.15, 0.2) is 24.3 Å². The number of imidazole rings is 1. The van der Waals surface area contributed by atoms with Crippen LogP contribution in [-0.2, 0) is 11.3 Å². The minimum Gasteiger partial charge on any atom is -0.328 e. The van der Waals surface area contributed by atoms with Crippen LogP contribution in [0, 0.1) is 12.7 Å². The summed E-state index contributed by atoms with van der Waals surface area (Å²) in [5, 5.41) is 0.686. The van der Waals surface area contributed by atoms with Gasteiger partial charge in [-0.1, -0.05) is 0 Å². The van der Waals surface area contributed by atoms with Crippen molar-refractivity contribution in [3.63, 3.8) is 0 Å². The van der Waals surface area contributed by atoms with E-state index in [1.54, 1.807) is 9.80 Å². The highest BCUT2D eigenvalue weighted by atomic mass is 32.1. The van der Waals surface area contributed by atoms with Crippen molar-refractivity contribution in [2.24, 2.45) is 0 Å². The van der Waals surface area contributed by atoms with Gasteiger partial charge in [0.1, 0.15) is 11.6 Å². The SMILES string of the molecule is Cc1nsc(-c2nc(N3CC(N(C)C)CC3=O)c3n2CCN(C(=O)c2ccc(F)cc2)C3C)n1. The van der Waals surface area contributed by atoms with Crippen molar-refractivity contribution in [1.82, 2.24) is 28.7 Å². The number of carbonyl (C=O) groups is 2. The number of carbonyl (C=O) groups excluding carboxylic acids is 2. The quantitative estimate of drug-likeness (QED) is 0.567. The van der Waals surface area contributed by atoms with Crippen molar-refractivity contribution in [2.45, 2.75) is 38.9 Å². The number of halogens is 1. The molecule has 9 nitrogen and oxygen atoms in total. The summed E-state index contributed by atoms with van der Waals surface area (Å²) in [6, 6.07) is 5.32. The van der Waals surface area contributed by atoms with Crippen molar-refractivity contribution in [3.8, 4) is 10.8 Å². The summed E-state index contributed by atoms with van der Waals surface area (Å²) in [5.41, 5.74) is 1.23. The maximum atomic E-state index is 13.4. The maximum Gasteiger partial charge on any atom is 0.254 e. The van der Waals surface area contributed by atoms with Crippen LogP contribution in [0.25, 0.3) is 10.8 Å². The van der Waals surface area contributed by atoms with E-state index in [0.29, 0.717) is 54.1 Å². The summed E-state index contributed by atoms with van der Waals surface area (Å²) in [5.74, 6) is 1.34. The van der Waals surface area contributed by atoms with Gasteiger partial charge < -0.3 is 14.4 Å². The molecule has 2 unspecified atom stereocenters. The molecule has 2 aliphatic rings. The fraction of sp³-hybridized carbons (Fsp3) is 0.435. The van der Waals surface area contributed by atoms with Crippen LogP contribution < -0.4 is 4.90 Å². The molecule has 3 aromatic rings. The number of anilines is 1. The van der Waals surface area contributed by atoms with E-state index >= 15 is 0 Å². The molecule has 2 amide bonds. The number of aryl methyl sites for hydroxylation is 1. The minimum atomic E-state index is -0.386. The molecule has 0 N–H and O–H groups in total. The molecule has 0 saturated carbocycles. The van der Waals surface area contributed by atoms with E-state index in [2.05, 4.69) is 13.9 Å². The van der Waals surface area contributed by atoms with Gasteiger partial charge in [-0.05, 0) is 63.7 Å². The smallest absolute Gasteiger partial charge is 0.254 e. The van der Waals surface area contributed by atoms with Gasteiger partial charge in [0, 0.05) is 37.7 Å². The largest absolute Gasteiger partial charge is 0.328 e. The third kappa shape index (κ3) is 3.78. The molecule has 0 spiro atoms. The molecule has 2 aromatic heterocycles. The first-order chi connectivity index (χ1) is 16.2. The van der Waals surface area contributed by atoms with Crippen LogP contribution in [0.2, 0.25) is 0 Å². The molecule has 5 rings (SSSR count). The third-order valence-corrected chi connectivity index (χ3v) is 7.38. The fourth-order valence-corrected chi connectivity index (χ4v) is 5.34. The number of hydrogen-bond acceptors (Lipinski definition) is 7. The van der Waals surface area contributed by atoms with E-state index in [1.165, 1.54) is 35.8 Å². The van der Waals surface area contributed by atoms with Gasteiger partial charge in [-0.3, -0.25) is 14.5 Å². The van der Waals surface area contributed by atoms with Gasteiger partial charge >= 0.3 is 0 Å². The number of rotatable bonds is 4. The number of likely N-dealkylation sites (N-methyl/N-ethyl adjacent to an activating group) is 1. The lowest BCUT2D eigenvalue weighted by Gasteiger charge is -2.36. The van der Waals surface area contributed by atoms with Crippen LogP contribution >= 0.6 is 11.5 Å². The monoisotopic (exact) mass is 483 g/mol. The van der Waals surface area contributed by atoms with Crippen molar-refractivity contribution < 1.29 is 14.0 Å². The van der Waals surface area contributed by atoms with Crippen molar-refractivity contribution in [3.05, 3.63) is 47.2 Å². The predicted molar refractivity (Wildman–Crippen MR) is 126 cm³/mol. The zero-order valence-corrected chi connectivity index (χ0v) is 20.3. The first kappa shape index (κ1) is 22.6. The van der Waals surface area contributed by atoms with Crippen molar-refractivity contribution >= 4 is 29.2 Å². The van der Waals surface area contributed by atoms with E-state index < -0.39 is 0 Å². The van der Waals surface area contributed by atoms with E-state index in [0.717, 1.165) is 5.69 Å². The number of fused-ring (bicyclic) bond motifs is 1. The van der Waals surface area contributed by atoms with Crippen LogP contribution in [0.1, 0.15) is 41.3 Å². The Hall–Kier alpha value is -3.18. The lowest BCUT2D eigenvalue weighted by atomic mass is 10.1. The Labute approximate surface area is 201 Å². The van der Waals surface area contributed by atoms with Gasteiger partial charge in [-0.15, -0.1) is 0 Å². The summed E-state index contributed by atoms with van der Waals surface area (Å²) in [7, 11) is 3.93. The number of amides is 2. The highest BCUT2D eigenvalue weighted by Gasteiger charge is 2.40. The first-order valence-electron chi connectivity index (χ1n) is 11.2. The lowest BCUT2D eigenvalue weighted by molar-refractivity contribution is -0.117. The van der Waals surface area contributed by atoms with Crippen LogP contribution in [-0.4, -0.2) is 73.7 Å².